The van der Waals surface area contributed by atoms with Crippen LogP contribution in [-0.2, 0) is 13.0 Å². The van der Waals surface area contributed by atoms with E-state index in [1.54, 1.807) is 6.07 Å². The van der Waals surface area contributed by atoms with Crippen molar-refractivity contribution in [3.05, 3.63) is 29.3 Å². The van der Waals surface area contributed by atoms with Crippen LogP contribution in [0, 0.1) is 0 Å². The number of aryl methyl sites for hydroxylation is 1. The third-order valence-electron chi connectivity index (χ3n) is 3.13. The Hall–Kier alpha value is -1.02. The van der Waals surface area contributed by atoms with Gasteiger partial charge in [0, 0.05) is 5.56 Å². The summed E-state index contributed by atoms with van der Waals surface area (Å²) in [6.45, 7) is 2.14. The maximum Gasteiger partial charge on any atom is 0.121 e. The first-order chi connectivity index (χ1) is 8.27. The summed E-state index contributed by atoms with van der Waals surface area (Å²) in [5.74, 6) is 0.194. The standard InChI is InChI=1S/C15H24O2/c1-2-3-4-5-6-7-8-13-9-10-15(17)14(11-13)12-16/h9-11,16-17H,2-8,12H2,1H3. The molecular weight excluding hydrogens is 212 g/mol. The summed E-state index contributed by atoms with van der Waals surface area (Å²) >= 11 is 0. The van der Waals surface area contributed by atoms with Crippen molar-refractivity contribution in [2.75, 3.05) is 0 Å². The van der Waals surface area contributed by atoms with Crippen LogP contribution in [0.25, 0.3) is 0 Å². The summed E-state index contributed by atoms with van der Waals surface area (Å²) in [7, 11) is 0. The third-order valence-corrected chi connectivity index (χ3v) is 3.13. The molecule has 1 rings (SSSR count). The number of hydrogen-bond donors (Lipinski definition) is 2. The van der Waals surface area contributed by atoms with Crippen LogP contribution in [0.1, 0.15) is 56.6 Å². The molecule has 0 atom stereocenters. The molecule has 2 heteroatoms. The number of unbranched alkanes of at least 4 members (excludes halogenated alkanes) is 5. The summed E-state index contributed by atoms with van der Waals surface area (Å²) in [6, 6.07) is 5.53. The number of aromatic hydroxyl groups is 1. The van der Waals surface area contributed by atoms with E-state index in [1.165, 1.54) is 44.1 Å². The SMILES string of the molecule is CCCCCCCCc1ccc(O)c(CO)c1. The van der Waals surface area contributed by atoms with Crippen LogP contribution in [0.4, 0.5) is 0 Å². The quantitative estimate of drug-likeness (QED) is 0.674. The second kappa shape index (κ2) is 8.13. The summed E-state index contributed by atoms with van der Waals surface area (Å²) in [5, 5.41) is 18.5. The maximum absolute atomic E-state index is 9.44. The van der Waals surface area contributed by atoms with Crippen molar-refractivity contribution in [2.45, 2.75) is 58.5 Å². The molecule has 0 bridgehead atoms. The molecule has 96 valence electrons. The van der Waals surface area contributed by atoms with Gasteiger partial charge >= 0.3 is 0 Å². The van der Waals surface area contributed by atoms with E-state index in [4.69, 9.17) is 5.11 Å². The normalized spacial score (nSPS) is 10.7. The Morgan fingerprint density at radius 3 is 2.41 bits per heavy atom. The molecule has 0 radical (unpaired) electrons. The van der Waals surface area contributed by atoms with E-state index in [1.807, 2.05) is 12.1 Å². The first-order valence-electron chi connectivity index (χ1n) is 6.69. The van der Waals surface area contributed by atoms with Crippen molar-refractivity contribution >= 4 is 0 Å². The molecule has 0 saturated carbocycles. The highest BCUT2D eigenvalue weighted by Crippen LogP contribution is 2.19. The molecule has 1 aromatic carbocycles. The van der Waals surface area contributed by atoms with Crippen LogP contribution in [0.5, 0.6) is 5.75 Å². The van der Waals surface area contributed by atoms with E-state index < -0.39 is 0 Å². The Bertz CT molecular complexity index is 321. The zero-order valence-corrected chi connectivity index (χ0v) is 10.8. The molecule has 0 aliphatic heterocycles. The summed E-state index contributed by atoms with van der Waals surface area (Å²) in [5.41, 5.74) is 1.84. The fourth-order valence-corrected chi connectivity index (χ4v) is 2.03. The molecule has 0 aliphatic carbocycles. The highest BCUT2D eigenvalue weighted by Gasteiger charge is 2.01. The zero-order chi connectivity index (χ0) is 12.5. The monoisotopic (exact) mass is 236 g/mol. The van der Waals surface area contributed by atoms with Gasteiger partial charge in [0.05, 0.1) is 6.61 Å². The van der Waals surface area contributed by atoms with Gasteiger partial charge in [0.25, 0.3) is 0 Å². The molecule has 0 spiro atoms. The van der Waals surface area contributed by atoms with Crippen LogP contribution in [0.2, 0.25) is 0 Å². The Morgan fingerprint density at radius 1 is 1.00 bits per heavy atom. The Labute approximate surface area is 104 Å². The maximum atomic E-state index is 9.44. The highest BCUT2D eigenvalue weighted by molar-refractivity contribution is 5.35. The summed E-state index contributed by atoms with van der Waals surface area (Å²) < 4.78 is 0. The fraction of sp³-hybridized carbons (Fsp3) is 0.600. The molecule has 0 aromatic heterocycles. The third kappa shape index (κ3) is 5.22. The Morgan fingerprint density at radius 2 is 1.71 bits per heavy atom. The van der Waals surface area contributed by atoms with E-state index in [0.29, 0.717) is 5.56 Å². The molecule has 0 amide bonds. The number of phenols is 1. The first-order valence-corrected chi connectivity index (χ1v) is 6.69. The molecule has 17 heavy (non-hydrogen) atoms. The lowest BCUT2D eigenvalue weighted by atomic mass is 10.0. The van der Waals surface area contributed by atoms with Gasteiger partial charge < -0.3 is 10.2 Å². The number of aliphatic hydroxyl groups excluding tert-OH is 1. The lowest BCUT2D eigenvalue weighted by molar-refractivity contribution is 0.275. The van der Waals surface area contributed by atoms with Crippen molar-refractivity contribution < 1.29 is 10.2 Å². The molecule has 2 nitrogen and oxygen atoms in total. The van der Waals surface area contributed by atoms with E-state index in [0.717, 1.165) is 6.42 Å². The first kappa shape index (κ1) is 14.0. The predicted octanol–water partition coefficient (Wildman–Crippen LogP) is 3.79. The predicted molar refractivity (Wildman–Crippen MR) is 71.1 cm³/mol. The van der Waals surface area contributed by atoms with E-state index in [-0.39, 0.29) is 12.4 Å². The van der Waals surface area contributed by atoms with Gasteiger partial charge in [0.2, 0.25) is 0 Å². The van der Waals surface area contributed by atoms with Gasteiger partial charge in [-0.2, -0.15) is 0 Å². The van der Waals surface area contributed by atoms with Crippen LogP contribution in [0.3, 0.4) is 0 Å². The summed E-state index contributed by atoms with van der Waals surface area (Å²) in [6.07, 6.45) is 8.80. The molecule has 0 unspecified atom stereocenters. The number of aliphatic hydroxyl groups is 1. The van der Waals surface area contributed by atoms with Gasteiger partial charge in [0.1, 0.15) is 5.75 Å². The van der Waals surface area contributed by atoms with Crippen LogP contribution in [0.15, 0.2) is 18.2 Å². The number of benzene rings is 1. The van der Waals surface area contributed by atoms with Gasteiger partial charge in [-0.15, -0.1) is 0 Å². The second-order valence-electron chi connectivity index (χ2n) is 4.64. The van der Waals surface area contributed by atoms with Crippen molar-refractivity contribution in [2.24, 2.45) is 0 Å². The van der Waals surface area contributed by atoms with Gasteiger partial charge in [0.15, 0.2) is 0 Å². The Kier molecular flexibility index (Phi) is 6.71. The molecular formula is C15H24O2. The van der Waals surface area contributed by atoms with Gasteiger partial charge in [-0.1, -0.05) is 45.1 Å². The topological polar surface area (TPSA) is 40.5 Å². The minimum absolute atomic E-state index is 0.0871. The largest absolute Gasteiger partial charge is 0.508 e. The van der Waals surface area contributed by atoms with Crippen molar-refractivity contribution in [3.63, 3.8) is 0 Å². The van der Waals surface area contributed by atoms with Gasteiger partial charge in [-0.05, 0) is 30.5 Å². The second-order valence-corrected chi connectivity index (χ2v) is 4.64. The highest BCUT2D eigenvalue weighted by atomic mass is 16.3. The summed E-state index contributed by atoms with van der Waals surface area (Å²) in [4.78, 5) is 0. The number of hydrogen-bond acceptors (Lipinski definition) is 2. The lowest BCUT2D eigenvalue weighted by Crippen LogP contribution is -1.90. The van der Waals surface area contributed by atoms with Crippen LogP contribution >= 0.6 is 0 Å². The van der Waals surface area contributed by atoms with Crippen molar-refractivity contribution in [1.82, 2.24) is 0 Å². The molecule has 2 N–H and O–H groups in total. The van der Waals surface area contributed by atoms with Crippen molar-refractivity contribution in [3.8, 4) is 5.75 Å². The lowest BCUT2D eigenvalue weighted by Gasteiger charge is -2.06. The molecule has 0 aliphatic rings. The Balaban J connectivity index is 2.27. The van der Waals surface area contributed by atoms with Crippen molar-refractivity contribution in [1.29, 1.82) is 0 Å². The minimum Gasteiger partial charge on any atom is -0.508 e. The molecule has 0 saturated heterocycles. The molecule has 0 fully saturated rings. The van der Waals surface area contributed by atoms with E-state index in [2.05, 4.69) is 6.92 Å². The van der Waals surface area contributed by atoms with Crippen LogP contribution < -0.4 is 0 Å². The van der Waals surface area contributed by atoms with E-state index >= 15 is 0 Å². The molecule has 1 aromatic rings. The van der Waals surface area contributed by atoms with Gasteiger partial charge in [-0.25, -0.2) is 0 Å². The average molecular weight is 236 g/mol. The average Bonchev–Trinajstić information content (AvgIpc) is 2.35. The smallest absolute Gasteiger partial charge is 0.121 e. The van der Waals surface area contributed by atoms with E-state index in [9.17, 15) is 5.11 Å². The number of rotatable bonds is 8. The zero-order valence-electron chi connectivity index (χ0n) is 10.8. The molecule has 0 heterocycles. The fourth-order valence-electron chi connectivity index (χ4n) is 2.03. The van der Waals surface area contributed by atoms with Crippen LogP contribution in [-0.4, -0.2) is 10.2 Å². The van der Waals surface area contributed by atoms with Gasteiger partial charge in [-0.3, -0.25) is 0 Å². The minimum atomic E-state index is -0.0871.